The Morgan fingerprint density at radius 2 is 1.86 bits per heavy atom. The Bertz CT molecular complexity index is 177. The Balaban J connectivity index is 1.88. The summed E-state index contributed by atoms with van der Waals surface area (Å²) >= 11 is 0. The topological polar surface area (TPSA) is 29.3 Å². The number of hydrogen-bond donors (Lipinski definition) is 1. The van der Waals surface area contributed by atoms with Crippen LogP contribution in [0.15, 0.2) is 0 Å². The number of hydrogen-bond acceptors (Lipinski definition) is 2. The Labute approximate surface area is 87.8 Å². The first kappa shape index (κ1) is 10.4. The molecular formula is C12H24N2. The maximum Gasteiger partial charge on any atom is 0.0206 e. The van der Waals surface area contributed by atoms with Crippen LogP contribution in [0.3, 0.4) is 0 Å². The van der Waals surface area contributed by atoms with E-state index in [9.17, 15) is 0 Å². The van der Waals surface area contributed by atoms with Crippen LogP contribution in [0, 0.1) is 11.8 Å². The Hall–Kier alpha value is -0.0800. The van der Waals surface area contributed by atoms with Crippen LogP contribution in [0.5, 0.6) is 0 Å². The van der Waals surface area contributed by atoms with Crippen LogP contribution < -0.4 is 5.73 Å². The van der Waals surface area contributed by atoms with E-state index in [4.69, 9.17) is 5.73 Å². The molecule has 1 saturated carbocycles. The zero-order valence-electron chi connectivity index (χ0n) is 9.58. The van der Waals surface area contributed by atoms with Crippen molar-refractivity contribution < 1.29 is 0 Å². The minimum Gasteiger partial charge on any atom is -0.326 e. The molecule has 2 nitrogen and oxygen atoms in total. The molecule has 1 aliphatic carbocycles. The van der Waals surface area contributed by atoms with Crippen LogP contribution in [0.1, 0.15) is 39.5 Å². The van der Waals surface area contributed by atoms with Gasteiger partial charge in [0.1, 0.15) is 0 Å². The van der Waals surface area contributed by atoms with E-state index in [0.717, 1.165) is 18.5 Å². The van der Waals surface area contributed by atoms with Gasteiger partial charge < -0.3 is 5.73 Å². The smallest absolute Gasteiger partial charge is 0.0206 e. The van der Waals surface area contributed by atoms with Gasteiger partial charge in [-0.15, -0.1) is 0 Å². The van der Waals surface area contributed by atoms with Crippen LogP contribution in [0.25, 0.3) is 0 Å². The molecule has 14 heavy (non-hydrogen) atoms. The highest BCUT2D eigenvalue weighted by Gasteiger charge is 2.33. The van der Waals surface area contributed by atoms with E-state index in [1.54, 1.807) is 0 Å². The van der Waals surface area contributed by atoms with E-state index in [-0.39, 0.29) is 0 Å². The van der Waals surface area contributed by atoms with Gasteiger partial charge in [-0.2, -0.15) is 0 Å². The molecule has 3 atom stereocenters. The third kappa shape index (κ3) is 1.96. The molecule has 0 amide bonds. The number of nitrogens with two attached hydrogens (primary N) is 1. The molecule has 1 aliphatic heterocycles. The van der Waals surface area contributed by atoms with Crippen LogP contribution >= 0.6 is 0 Å². The lowest BCUT2D eigenvalue weighted by molar-refractivity contribution is 0.185. The minimum atomic E-state index is 0.416. The Kier molecular flexibility index (Phi) is 3.13. The largest absolute Gasteiger partial charge is 0.326 e. The van der Waals surface area contributed by atoms with Gasteiger partial charge in [-0.05, 0) is 31.6 Å². The summed E-state index contributed by atoms with van der Waals surface area (Å²) in [7, 11) is 0. The van der Waals surface area contributed by atoms with Crippen LogP contribution in [-0.2, 0) is 0 Å². The lowest BCUT2D eigenvalue weighted by Gasteiger charge is -2.29. The summed E-state index contributed by atoms with van der Waals surface area (Å²) in [6.07, 6.45) is 5.79. The molecule has 0 radical (unpaired) electrons. The maximum absolute atomic E-state index is 6.06. The average molecular weight is 196 g/mol. The zero-order chi connectivity index (χ0) is 10.1. The molecule has 0 bridgehead atoms. The van der Waals surface area contributed by atoms with Crippen LogP contribution in [-0.4, -0.2) is 30.1 Å². The van der Waals surface area contributed by atoms with Crippen LogP contribution in [0.2, 0.25) is 0 Å². The first-order valence-corrected chi connectivity index (χ1v) is 6.18. The molecule has 2 fully saturated rings. The van der Waals surface area contributed by atoms with Gasteiger partial charge in [0.05, 0.1) is 0 Å². The highest BCUT2D eigenvalue weighted by atomic mass is 15.2. The third-order valence-corrected chi connectivity index (χ3v) is 4.36. The first-order chi connectivity index (χ1) is 6.68. The molecule has 3 unspecified atom stereocenters. The SMILES string of the molecule is CC1CN(C(C)C2CCCC2)CC1N. The molecule has 0 aromatic carbocycles. The van der Waals surface area contributed by atoms with Gasteiger partial charge in [0.25, 0.3) is 0 Å². The van der Waals surface area contributed by atoms with Crippen molar-refractivity contribution in [2.45, 2.75) is 51.6 Å². The van der Waals surface area contributed by atoms with Crippen molar-refractivity contribution in [2.75, 3.05) is 13.1 Å². The summed E-state index contributed by atoms with van der Waals surface area (Å²) in [5.74, 6) is 1.64. The fraction of sp³-hybridized carbons (Fsp3) is 1.00. The lowest BCUT2D eigenvalue weighted by Crippen LogP contribution is -2.37. The van der Waals surface area contributed by atoms with Crippen molar-refractivity contribution >= 4 is 0 Å². The lowest BCUT2D eigenvalue weighted by atomic mass is 9.98. The molecule has 2 aliphatic rings. The minimum absolute atomic E-state index is 0.416. The molecule has 2 heteroatoms. The summed E-state index contributed by atoms with van der Waals surface area (Å²) < 4.78 is 0. The normalized spacial score (nSPS) is 37.9. The van der Waals surface area contributed by atoms with Crippen LogP contribution in [0.4, 0.5) is 0 Å². The van der Waals surface area contributed by atoms with Crippen molar-refractivity contribution in [3.05, 3.63) is 0 Å². The second kappa shape index (κ2) is 4.19. The second-order valence-electron chi connectivity index (χ2n) is 5.38. The Morgan fingerprint density at radius 1 is 1.21 bits per heavy atom. The van der Waals surface area contributed by atoms with E-state index in [0.29, 0.717) is 12.0 Å². The summed E-state index contributed by atoms with van der Waals surface area (Å²) in [5, 5.41) is 0. The standard InChI is InChI=1S/C12H24N2/c1-9-7-14(8-12(9)13)10(2)11-5-3-4-6-11/h9-12H,3-8,13H2,1-2H3. The highest BCUT2D eigenvalue weighted by Crippen LogP contribution is 2.32. The molecule has 1 saturated heterocycles. The van der Waals surface area contributed by atoms with Gasteiger partial charge >= 0.3 is 0 Å². The van der Waals surface area contributed by atoms with Crippen molar-refractivity contribution in [1.29, 1.82) is 0 Å². The van der Waals surface area contributed by atoms with E-state index in [2.05, 4.69) is 18.7 Å². The van der Waals surface area contributed by atoms with Gasteiger partial charge in [-0.25, -0.2) is 0 Å². The predicted molar refractivity (Wildman–Crippen MR) is 60.1 cm³/mol. The van der Waals surface area contributed by atoms with Gasteiger partial charge in [-0.1, -0.05) is 19.8 Å². The molecule has 2 N–H and O–H groups in total. The number of likely N-dealkylation sites (tertiary alicyclic amines) is 1. The summed E-state index contributed by atoms with van der Waals surface area (Å²) in [6, 6.07) is 1.19. The predicted octanol–water partition coefficient (Wildman–Crippen LogP) is 1.84. The quantitative estimate of drug-likeness (QED) is 0.730. The average Bonchev–Trinajstić information content (AvgIpc) is 2.76. The maximum atomic E-state index is 6.06. The van der Waals surface area contributed by atoms with Crippen molar-refractivity contribution in [3.63, 3.8) is 0 Å². The number of nitrogens with zero attached hydrogens (tertiary/aromatic N) is 1. The fourth-order valence-corrected chi connectivity index (χ4v) is 3.10. The monoisotopic (exact) mass is 196 g/mol. The van der Waals surface area contributed by atoms with Crippen molar-refractivity contribution in [1.82, 2.24) is 4.90 Å². The Morgan fingerprint density at radius 3 is 2.36 bits per heavy atom. The first-order valence-electron chi connectivity index (χ1n) is 6.18. The van der Waals surface area contributed by atoms with Gasteiger partial charge in [0, 0.05) is 25.2 Å². The molecular weight excluding hydrogens is 172 g/mol. The van der Waals surface area contributed by atoms with Gasteiger partial charge in [0.2, 0.25) is 0 Å². The molecule has 0 spiro atoms. The summed E-state index contributed by atoms with van der Waals surface area (Å²) in [4.78, 5) is 2.62. The van der Waals surface area contributed by atoms with E-state index < -0.39 is 0 Å². The molecule has 82 valence electrons. The zero-order valence-corrected chi connectivity index (χ0v) is 9.58. The summed E-state index contributed by atoms with van der Waals surface area (Å²) in [5.41, 5.74) is 6.06. The van der Waals surface area contributed by atoms with E-state index in [1.165, 1.54) is 32.2 Å². The third-order valence-electron chi connectivity index (χ3n) is 4.36. The molecule has 1 heterocycles. The molecule has 0 aromatic rings. The van der Waals surface area contributed by atoms with Gasteiger partial charge in [-0.3, -0.25) is 4.90 Å². The highest BCUT2D eigenvalue weighted by molar-refractivity contribution is 4.89. The number of rotatable bonds is 2. The molecule has 0 aromatic heterocycles. The second-order valence-corrected chi connectivity index (χ2v) is 5.38. The van der Waals surface area contributed by atoms with E-state index in [1.807, 2.05) is 0 Å². The van der Waals surface area contributed by atoms with Gasteiger partial charge in [0.15, 0.2) is 0 Å². The fourth-order valence-electron chi connectivity index (χ4n) is 3.10. The molecule has 2 rings (SSSR count). The summed E-state index contributed by atoms with van der Waals surface area (Å²) in [6.45, 7) is 7.03. The van der Waals surface area contributed by atoms with Crippen molar-refractivity contribution in [3.8, 4) is 0 Å². The van der Waals surface area contributed by atoms with E-state index >= 15 is 0 Å². The van der Waals surface area contributed by atoms with Crippen molar-refractivity contribution in [2.24, 2.45) is 17.6 Å².